The summed E-state index contributed by atoms with van der Waals surface area (Å²) in [5.41, 5.74) is 7.99. The van der Waals surface area contributed by atoms with Gasteiger partial charge < -0.3 is 19.4 Å². The topological polar surface area (TPSA) is 61.3 Å². The third-order valence-corrected chi connectivity index (χ3v) is 7.65. The van der Waals surface area contributed by atoms with Crippen molar-refractivity contribution in [3.05, 3.63) is 57.0 Å². The van der Waals surface area contributed by atoms with Crippen LogP contribution in [0.15, 0.2) is 29.2 Å². The molecule has 6 heteroatoms. The number of rotatable bonds is 6. The number of carbonyl (C=O) groups excluding carboxylic acids is 1. The second-order valence-electron chi connectivity index (χ2n) is 10.7. The van der Waals surface area contributed by atoms with Crippen LogP contribution in [0.4, 0.5) is 0 Å². The van der Waals surface area contributed by atoms with Gasteiger partial charge in [0.25, 0.3) is 5.56 Å². The Kier molecular flexibility index (Phi) is 7.22. The highest BCUT2D eigenvalue weighted by molar-refractivity contribution is 5.92. The van der Waals surface area contributed by atoms with Gasteiger partial charge in [0.1, 0.15) is 0 Å². The molecule has 0 bridgehead atoms. The number of amides is 1. The number of carbonyl (C=O) groups is 1. The summed E-state index contributed by atoms with van der Waals surface area (Å²) in [7, 11) is 3.88. The van der Waals surface area contributed by atoms with Gasteiger partial charge in [-0.1, -0.05) is 19.9 Å². The number of aryl methyl sites for hydroxylation is 1. The summed E-state index contributed by atoms with van der Waals surface area (Å²) in [5.74, 6) is 1.02. The predicted octanol–water partition coefficient (Wildman–Crippen LogP) is 5.02. The van der Waals surface area contributed by atoms with Crippen LogP contribution in [0.5, 0.6) is 0 Å². The minimum atomic E-state index is 0.0913. The number of pyridine rings is 1. The van der Waals surface area contributed by atoms with Gasteiger partial charge in [-0.25, -0.2) is 0 Å². The number of hydrogen-bond donors (Lipinski definition) is 1. The van der Waals surface area contributed by atoms with E-state index in [1.165, 1.54) is 16.5 Å². The first-order chi connectivity index (χ1) is 16.6. The molecule has 3 aromatic rings. The Morgan fingerprint density at radius 3 is 2.43 bits per heavy atom. The average molecular weight is 477 g/mol. The number of aromatic nitrogens is 2. The smallest absolute Gasteiger partial charge is 0.253 e. The van der Waals surface area contributed by atoms with Crippen LogP contribution in [0.2, 0.25) is 0 Å². The number of aromatic amines is 1. The van der Waals surface area contributed by atoms with Crippen molar-refractivity contribution in [3.8, 4) is 11.3 Å². The number of piperidine rings is 1. The van der Waals surface area contributed by atoms with Gasteiger partial charge in [-0.2, -0.15) is 0 Å². The van der Waals surface area contributed by atoms with Crippen LogP contribution < -0.4 is 5.56 Å². The molecule has 2 aromatic heterocycles. The molecule has 1 aliphatic rings. The number of benzene rings is 1. The molecule has 1 fully saturated rings. The van der Waals surface area contributed by atoms with Crippen LogP contribution >= 0.6 is 0 Å². The van der Waals surface area contributed by atoms with Gasteiger partial charge in [0, 0.05) is 47.9 Å². The van der Waals surface area contributed by atoms with E-state index >= 15 is 0 Å². The highest BCUT2D eigenvalue weighted by Crippen LogP contribution is 2.39. The van der Waals surface area contributed by atoms with Crippen LogP contribution in [0, 0.1) is 13.8 Å². The van der Waals surface area contributed by atoms with E-state index in [9.17, 15) is 9.59 Å². The van der Waals surface area contributed by atoms with Gasteiger partial charge in [-0.05, 0) is 88.4 Å². The van der Waals surface area contributed by atoms with E-state index in [1.54, 1.807) is 0 Å². The third kappa shape index (κ3) is 4.81. The molecule has 0 saturated carbocycles. The summed E-state index contributed by atoms with van der Waals surface area (Å²) >= 11 is 0. The monoisotopic (exact) mass is 476 g/mol. The van der Waals surface area contributed by atoms with E-state index in [2.05, 4.69) is 44.0 Å². The van der Waals surface area contributed by atoms with Crippen molar-refractivity contribution in [2.24, 2.45) is 0 Å². The zero-order chi connectivity index (χ0) is 25.4. The molecule has 0 aliphatic carbocycles. The van der Waals surface area contributed by atoms with Crippen molar-refractivity contribution in [2.75, 3.05) is 33.7 Å². The second-order valence-corrected chi connectivity index (χ2v) is 10.7. The highest BCUT2D eigenvalue weighted by Gasteiger charge is 2.25. The SMILES string of the molecule is CCn1cc(-c2[nH]c3ccc(C4CCN(C(=O)CN(C)C)CC4)cc3c2C(C)C)c(C)c(C)c1=O. The number of hydrogen-bond acceptors (Lipinski definition) is 3. The van der Waals surface area contributed by atoms with Gasteiger partial charge in [-0.3, -0.25) is 9.59 Å². The van der Waals surface area contributed by atoms with E-state index in [1.807, 2.05) is 48.5 Å². The Morgan fingerprint density at radius 1 is 1.14 bits per heavy atom. The predicted molar refractivity (Wildman–Crippen MR) is 144 cm³/mol. The lowest BCUT2D eigenvalue weighted by Gasteiger charge is -2.33. The van der Waals surface area contributed by atoms with Crippen LogP contribution in [-0.2, 0) is 11.3 Å². The summed E-state index contributed by atoms with van der Waals surface area (Å²) in [6, 6.07) is 6.83. The standard InChI is InChI=1S/C29H40N4O2/c1-8-32-16-24(19(4)20(5)29(32)35)28-27(18(2)3)23-15-22(9-10-25(23)30-28)21-11-13-33(14-12-21)26(34)17-31(6)7/h9-10,15-16,18,21,30H,8,11-14,17H2,1-7H3. The van der Waals surface area contributed by atoms with E-state index in [-0.39, 0.29) is 11.5 Å². The summed E-state index contributed by atoms with van der Waals surface area (Å²) in [6.07, 6.45) is 4.01. The Labute approximate surface area is 208 Å². The number of likely N-dealkylation sites (N-methyl/N-ethyl adjacent to an activating group) is 1. The molecule has 35 heavy (non-hydrogen) atoms. The number of nitrogens with zero attached hydrogens (tertiary/aromatic N) is 3. The first-order valence-corrected chi connectivity index (χ1v) is 12.9. The van der Waals surface area contributed by atoms with E-state index < -0.39 is 0 Å². The van der Waals surface area contributed by atoms with E-state index in [4.69, 9.17) is 0 Å². The van der Waals surface area contributed by atoms with Crippen LogP contribution in [-0.4, -0.2) is 59.0 Å². The van der Waals surface area contributed by atoms with Gasteiger partial charge in [0.05, 0.1) is 12.2 Å². The molecule has 0 atom stereocenters. The average Bonchev–Trinajstić information content (AvgIpc) is 3.21. The first-order valence-electron chi connectivity index (χ1n) is 12.9. The fourth-order valence-electron chi connectivity index (χ4n) is 5.51. The Hall–Kier alpha value is -2.86. The van der Waals surface area contributed by atoms with Crippen molar-refractivity contribution < 1.29 is 4.79 Å². The Balaban J connectivity index is 1.70. The lowest BCUT2D eigenvalue weighted by Crippen LogP contribution is -2.42. The normalized spacial score (nSPS) is 15.1. The van der Waals surface area contributed by atoms with Crippen LogP contribution in [0.3, 0.4) is 0 Å². The summed E-state index contributed by atoms with van der Waals surface area (Å²) in [6.45, 7) is 13.3. The lowest BCUT2D eigenvalue weighted by molar-refractivity contribution is -0.132. The summed E-state index contributed by atoms with van der Waals surface area (Å²) in [5, 5.41) is 1.27. The van der Waals surface area contributed by atoms with Crippen molar-refractivity contribution in [2.45, 2.75) is 65.8 Å². The maximum atomic E-state index is 12.7. The molecule has 1 saturated heterocycles. The lowest BCUT2D eigenvalue weighted by atomic mass is 9.87. The molecular formula is C29H40N4O2. The number of fused-ring (bicyclic) bond motifs is 1. The maximum Gasteiger partial charge on any atom is 0.253 e. The van der Waals surface area contributed by atoms with Gasteiger partial charge in [-0.15, -0.1) is 0 Å². The van der Waals surface area contributed by atoms with E-state index in [0.717, 1.165) is 53.8 Å². The fourth-order valence-corrected chi connectivity index (χ4v) is 5.51. The molecule has 188 valence electrons. The minimum Gasteiger partial charge on any atom is -0.354 e. The Morgan fingerprint density at radius 2 is 1.83 bits per heavy atom. The fraction of sp³-hybridized carbons (Fsp3) is 0.517. The number of H-pyrrole nitrogens is 1. The number of nitrogens with one attached hydrogen (secondary N) is 1. The second kappa shape index (κ2) is 10.0. The van der Waals surface area contributed by atoms with Gasteiger partial charge in [0.2, 0.25) is 5.91 Å². The van der Waals surface area contributed by atoms with Gasteiger partial charge >= 0.3 is 0 Å². The summed E-state index contributed by atoms with van der Waals surface area (Å²) in [4.78, 5) is 32.8. The zero-order valence-corrected chi connectivity index (χ0v) is 22.4. The molecule has 1 amide bonds. The van der Waals surface area contributed by atoms with Crippen LogP contribution in [0.1, 0.15) is 67.7 Å². The van der Waals surface area contributed by atoms with Crippen molar-refractivity contribution in [3.63, 3.8) is 0 Å². The molecule has 0 radical (unpaired) electrons. The molecule has 3 heterocycles. The molecular weight excluding hydrogens is 436 g/mol. The Bertz CT molecular complexity index is 1290. The summed E-state index contributed by atoms with van der Waals surface area (Å²) < 4.78 is 1.81. The minimum absolute atomic E-state index is 0.0913. The van der Waals surface area contributed by atoms with Gasteiger partial charge in [0.15, 0.2) is 0 Å². The molecule has 0 spiro atoms. The molecule has 1 aromatic carbocycles. The molecule has 0 unspecified atom stereocenters. The molecule has 1 aliphatic heterocycles. The first kappa shape index (κ1) is 25.2. The number of likely N-dealkylation sites (tertiary alicyclic amines) is 1. The van der Waals surface area contributed by atoms with E-state index in [0.29, 0.717) is 24.9 Å². The van der Waals surface area contributed by atoms with Crippen molar-refractivity contribution in [1.82, 2.24) is 19.4 Å². The zero-order valence-electron chi connectivity index (χ0n) is 22.4. The molecule has 4 rings (SSSR count). The quantitative estimate of drug-likeness (QED) is 0.543. The highest BCUT2D eigenvalue weighted by atomic mass is 16.2. The molecule has 6 nitrogen and oxygen atoms in total. The van der Waals surface area contributed by atoms with Crippen molar-refractivity contribution >= 4 is 16.8 Å². The third-order valence-electron chi connectivity index (χ3n) is 7.65. The van der Waals surface area contributed by atoms with Crippen LogP contribution in [0.25, 0.3) is 22.2 Å². The molecule has 1 N–H and O–H groups in total. The maximum absolute atomic E-state index is 12.7. The van der Waals surface area contributed by atoms with Crippen molar-refractivity contribution in [1.29, 1.82) is 0 Å². The largest absolute Gasteiger partial charge is 0.354 e.